The molecule has 0 fully saturated rings. The fraction of sp³-hybridized carbons (Fsp3) is 0.364. The summed E-state index contributed by atoms with van der Waals surface area (Å²) in [6.07, 6.45) is 0. The molecule has 0 radical (unpaired) electrons. The average Bonchev–Trinajstić information content (AvgIpc) is 2.55. The van der Waals surface area contributed by atoms with Crippen molar-refractivity contribution in [1.29, 1.82) is 0 Å². The fourth-order valence-corrected chi connectivity index (χ4v) is 2.03. The van der Waals surface area contributed by atoms with Crippen molar-refractivity contribution in [3.05, 3.63) is 33.5 Å². The normalized spacial score (nSPS) is 10.6. The van der Waals surface area contributed by atoms with Crippen molar-refractivity contribution >= 4 is 21.7 Å². The number of nitrogens with zero attached hydrogens (tertiary/aromatic N) is 3. The Morgan fingerprint density at radius 1 is 1.29 bits per heavy atom. The molecular formula is C11H13BrN4O. The summed E-state index contributed by atoms with van der Waals surface area (Å²) in [5.41, 5.74) is 1.97. The Hall–Kier alpha value is -1.43. The van der Waals surface area contributed by atoms with Gasteiger partial charge in [-0.3, -0.25) is 0 Å². The standard InChI is InChI=1S/C11H13BrN4O/c1-6-9(7(2)17-16-6)5-13-11-4-10(12)14-8(3)15-11/h4H,5H2,1-3H3,(H,13,14,15). The fourth-order valence-electron chi connectivity index (χ4n) is 1.56. The van der Waals surface area contributed by atoms with E-state index in [-0.39, 0.29) is 0 Å². The van der Waals surface area contributed by atoms with Crippen molar-refractivity contribution in [3.8, 4) is 0 Å². The van der Waals surface area contributed by atoms with Gasteiger partial charge in [0.15, 0.2) is 0 Å². The molecule has 0 amide bonds. The molecule has 0 aliphatic rings. The average molecular weight is 297 g/mol. The van der Waals surface area contributed by atoms with E-state index in [1.54, 1.807) is 0 Å². The Balaban J connectivity index is 2.12. The molecule has 2 rings (SSSR count). The number of anilines is 1. The minimum atomic E-state index is 0.643. The van der Waals surface area contributed by atoms with E-state index in [1.165, 1.54) is 0 Å². The lowest BCUT2D eigenvalue weighted by molar-refractivity contribution is 0.392. The van der Waals surface area contributed by atoms with Crippen LogP contribution in [0.25, 0.3) is 0 Å². The van der Waals surface area contributed by atoms with E-state index in [0.717, 1.165) is 33.3 Å². The van der Waals surface area contributed by atoms with Gasteiger partial charge in [0.2, 0.25) is 0 Å². The van der Waals surface area contributed by atoms with Gasteiger partial charge in [-0.15, -0.1) is 0 Å². The van der Waals surface area contributed by atoms with Crippen molar-refractivity contribution in [1.82, 2.24) is 15.1 Å². The van der Waals surface area contributed by atoms with Crippen molar-refractivity contribution in [2.24, 2.45) is 0 Å². The summed E-state index contributed by atoms with van der Waals surface area (Å²) >= 11 is 3.34. The molecule has 2 heterocycles. The van der Waals surface area contributed by atoms with Crippen LogP contribution in [0.2, 0.25) is 0 Å². The molecule has 17 heavy (non-hydrogen) atoms. The number of rotatable bonds is 3. The van der Waals surface area contributed by atoms with Crippen LogP contribution in [0.4, 0.5) is 5.82 Å². The predicted octanol–water partition coefficient (Wildman–Crippen LogP) is 2.76. The van der Waals surface area contributed by atoms with Gasteiger partial charge in [-0.1, -0.05) is 5.16 Å². The second-order valence-electron chi connectivity index (χ2n) is 3.78. The van der Waals surface area contributed by atoms with E-state index in [1.807, 2.05) is 26.8 Å². The van der Waals surface area contributed by atoms with Crippen LogP contribution < -0.4 is 5.32 Å². The van der Waals surface area contributed by atoms with Crippen LogP contribution in [-0.2, 0) is 6.54 Å². The lowest BCUT2D eigenvalue weighted by Gasteiger charge is -2.06. The summed E-state index contributed by atoms with van der Waals surface area (Å²) in [6.45, 7) is 6.32. The zero-order valence-corrected chi connectivity index (χ0v) is 11.5. The quantitative estimate of drug-likeness (QED) is 0.883. The number of nitrogens with one attached hydrogen (secondary N) is 1. The first kappa shape index (κ1) is 12.0. The molecule has 0 aromatic carbocycles. The van der Waals surface area contributed by atoms with E-state index in [9.17, 15) is 0 Å². The topological polar surface area (TPSA) is 63.8 Å². The highest BCUT2D eigenvalue weighted by Gasteiger charge is 2.09. The third-order valence-corrected chi connectivity index (χ3v) is 2.84. The predicted molar refractivity (Wildman–Crippen MR) is 67.8 cm³/mol. The molecule has 0 atom stereocenters. The van der Waals surface area contributed by atoms with Gasteiger partial charge in [-0.05, 0) is 36.7 Å². The maximum atomic E-state index is 5.10. The van der Waals surface area contributed by atoms with Crippen molar-refractivity contribution < 1.29 is 4.52 Å². The Morgan fingerprint density at radius 3 is 2.65 bits per heavy atom. The summed E-state index contributed by atoms with van der Waals surface area (Å²) < 4.78 is 5.87. The van der Waals surface area contributed by atoms with Gasteiger partial charge in [0, 0.05) is 18.2 Å². The van der Waals surface area contributed by atoms with Crippen molar-refractivity contribution in [2.75, 3.05) is 5.32 Å². The Labute approximate surface area is 108 Å². The molecule has 2 aromatic heterocycles. The van der Waals surface area contributed by atoms with E-state index in [2.05, 4.69) is 36.4 Å². The van der Waals surface area contributed by atoms with Gasteiger partial charge in [-0.25, -0.2) is 9.97 Å². The maximum absolute atomic E-state index is 5.10. The minimum absolute atomic E-state index is 0.643. The van der Waals surface area contributed by atoms with Crippen LogP contribution in [0, 0.1) is 20.8 Å². The number of aromatic nitrogens is 3. The first-order valence-corrected chi connectivity index (χ1v) is 6.02. The zero-order valence-electron chi connectivity index (χ0n) is 9.91. The molecule has 90 valence electrons. The van der Waals surface area contributed by atoms with Crippen LogP contribution in [0.5, 0.6) is 0 Å². The van der Waals surface area contributed by atoms with E-state index < -0.39 is 0 Å². The number of hydrogen-bond acceptors (Lipinski definition) is 5. The summed E-state index contributed by atoms with van der Waals surface area (Å²) in [6, 6.07) is 1.84. The molecule has 5 nitrogen and oxygen atoms in total. The molecular weight excluding hydrogens is 284 g/mol. The van der Waals surface area contributed by atoms with Gasteiger partial charge >= 0.3 is 0 Å². The van der Waals surface area contributed by atoms with Crippen molar-refractivity contribution in [3.63, 3.8) is 0 Å². The van der Waals surface area contributed by atoms with Crippen LogP contribution in [0.3, 0.4) is 0 Å². The Kier molecular flexibility index (Phi) is 3.42. The van der Waals surface area contributed by atoms with E-state index >= 15 is 0 Å². The number of aryl methyl sites for hydroxylation is 3. The van der Waals surface area contributed by atoms with Crippen LogP contribution in [-0.4, -0.2) is 15.1 Å². The highest BCUT2D eigenvalue weighted by Crippen LogP contribution is 2.16. The zero-order chi connectivity index (χ0) is 12.4. The second kappa shape index (κ2) is 4.83. The monoisotopic (exact) mass is 296 g/mol. The summed E-state index contributed by atoms with van der Waals surface area (Å²) in [7, 11) is 0. The number of halogens is 1. The first-order valence-electron chi connectivity index (χ1n) is 5.23. The van der Waals surface area contributed by atoms with Gasteiger partial charge in [0.25, 0.3) is 0 Å². The maximum Gasteiger partial charge on any atom is 0.138 e. The molecule has 2 aromatic rings. The van der Waals surface area contributed by atoms with Crippen LogP contribution >= 0.6 is 15.9 Å². The first-order chi connectivity index (χ1) is 8.06. The third-order valence-electron chi connectivity index (χ3n) is 2.43. The second-order valence-corrected chi connectivity index (χ2v) is 4.59. The molecule has 1 N–H and O–H groups in total. The summed E-state index contributed by atoms with van der Waals surface area (Å²) in [5, 5.41) is 7.14. The highest BCUT2D eigenvalue weighted by molar-refractivity contribution is 9.10. The smallest absolute Gasteiger partial charge is 0.138 e. The molecule has 0 saturated heterocycles. The minimum Gasteiger partial charge on any atom is -0.366 e. The molecule has 0 bridgehead atoms. The SMILES string of the molecule is Cc1nc(Br)cc(NCc2c(C)noc2C)n1. The highest BCUT2D eigenvalue weighted by atomic mass is 79.9. The van der Waals surface area contributed by atoms with Gasteiger partial charge in [0.1, 0.15) is 22.0 Å². The molecule has 0 unspecified atom stereocenters. The van der Waals surface area contributed by atoms with Crippen LogP contribution in [0.1, 0.15) is 22.8 Å². The van der Waals surface area contributed by atoms with Crippen molar-refractivity contribution in [2.45, 2.75) is 27.3 Å². The largest absolute Gasteiger partial charge is 0.366 e. The molecule has 0 saturated carbocycles. The Morgan fingerprint density at radius 2 is 2.06 bits per heavy atom. The molecule has 0 aliphatic carbocycles. The summed E-state index contributed by atoms with van der Waals surface area (Å²) in [5.74, 6) is 2.34. The lowest BCUT2D eigenvalue weighted by Crippen LogP contribution is -2.04. The summed E-state index contributed by atoms with van der Waals surface area (Å²) in [4.78, 5) is 8.44. The van der Waals surface area contributed by atoms with Crippen LogP contribution in [0.15, 0.2) is 15.2 Å². The van der Waals surface area contributed by atoms with E-state index in [0.29, 0.717) is 6.54 Å². The van der Waals surface area contributed by atoms with Gasteiger partial charge in [0.05, 0.1) is 5.69 Å². The molecule has 0 aliphatic heterocycles. The van der Waals surface area contributed by atoms with E-state index in [4.69, 9.17) is 4.52 Å². The molecule has 6 heteroatoms. The lowest BCUT2D eigenvalue weighted by atomic mass is 10.2. The van der Waals surface area contributed by atoms with Gasteiger partial charge in [-0.2, -0.15) is 0 Å². The molecule has 0 spiro atoms. The van der Waals surface area contributed by atoms with Gasteiger partial charge < -0.3 is 9.84 Å². The Bertz CT molecular complexity index is 499. The third kappa shape index (κ3) is 2.82. The number of hydrogen-bond donors (Lipinski definition) is 1.